The van der Waals surface area contributed by atoms with Crippen LogP contribution in [-0.2, 0) is 20.9 Å². The Bertz CT molecular complexity index is 964. The number of nitrogens with zero attached hydrogens (tertiary/aromatic N) is 2. The smallest absolute Gasteiger partial charge is 0.246 e. The SMILES string of the molecule is O=C(/C=C/c1ccccc1)N1CCC(C(=O)N(Cc2cccc(F)c2)CC2CCCO2)CC1. The van der Waals surface area contributed by atoms with E-state index < -0.39 is 0 Å². The number of rotatable bonds is 7. The van der Waals surface area contributed by atoms with Gasteiger partial charge in [0.15, 0.2) is 0 Å². The van der Waals surface area contributed by atoms with Crippen molar-refractivity contribution in [2.45, 2.75) is 38.3 Å². The molecular weight excluding hydrogens is 419 g/mol. The van der Waals surface area contributed by atoms with E-state index in [9.17, 15) is 14.0 Å². The summed E-state index contributed by atoms with van der Waals surface area (Å²) in [6.07, 6.45) is 6.67. The fourth-order valence-corrected chi connectivity index (χ4v) is 4.56. The van der Waals surface area contributed by atoms with Gasteiger partial charge in [0.25, 0.3) is 0 Å². The summed E-state index contributed by atoms with van der Waals surface area (Å²) in [7, 11) is 0. The molecular formula is C27H31FN2O3. The van der Waals surface area contributed by atoms with Gasteiger partial charge in [-0.2, -0.15) is 0 Å². The van der Waals surface area contributed by atoms with Crippen LogP contribution in [0.2, 0.25) is 0 Å². The van der Waals surface area contributed by atoms with Crippen LogP contribution in [0.4, 0.5) is 4.39 Å². The highest BCUT2D eigenvalue weighted by Gasteiger charge is 2.31. The maximum atomic E-state index is 13.7. The highest BCUT2D eigenvalue weighted by Crippen LogP contribution is 2.23. The van der Waals surface area contributed by atoms with Crippen LogP contribution in [0.1, 0.15) is 36.8 Å². The molecule has 2 amide bonds. The molecule has 5 nitrogen and oxygen atoms in total. The van der Waals surface area contributed by atoms with Gasteiger partial charge in [-0.1, -0.05) is 42.5 Å². The first-order chi connectivity index (χ1) is 16.1. The molecule has 4 rings (SSSR count). The van der Waals surface area contributed by atoms with Crippen molar-refractivity contribution in [3.63, 3.8) is 0 Å². The second-order valence-corrected chi connectivity index (χ2v) is 8.83. The van der Waals surface area contributed by atoms with E-state index in [0.29, 0.717) is 39.0 Å². The third-order valence-corrected chi connectivity index (χ3v) is 6.40. The molecule has 174 valence electrons. The minimum absolute atomic E-state index is 0.0271. The number of amides is 2. The minimum atomic E-state index is -0.299. The summed E-state index contributed by atoms with van der Waals surface area (Å²) in [5.41, 5.74) is 1.76. The van der Waals surface area contributed by atoms with Crippen molar-refractivity contribution in [2.24, 2.45) is 5.92 Å². The van der Waals surface area contributed by atoms with Crippen LogP contribution in [0, 0.1) is 11.7 Å². The van der Waals surface area contributed by atoms with Gasteiger partial charge in [-0.25, -0.2) is 4.39 Å². The number of benzene rings is 2. The molecule has 33 heavy (non-hydrogen) atoms. The molecule has 2 saturated heterocycles. The maximum absolute atomic E-state index is 13.7. The van der Waals surface area contributed by atoms with Crippen LogP contribution in [0.15, 0.2) is 60.7 Å². The van der Waals surface area contributed by atoms with E-state index in [1.807, 2.05) is 47.4 Å². The van der Waals surface area contributed by atoms with Gasteiger partial charge in [0.1, 0.15) is 5.82 Å². The maximum Gasteiger partial charge on any atom is 0.246 e. The topological polar surface area (TPSA) is 49.9 Å². The fraction of sp³-hybridized carbons (Fsp3) is 0.407. The minimum Gasteiger partial charge on any atom is -0.376 e. The Morgan fingerprint density at radius 3 is 2.55 bits per heavy atom. The normalized spacial score (nSPS) is 19.2. The summed E-state index contributed by atoms with van der Waals surface area (Å²) in [5, 5.41) is 0. The van der Waals surface area contributed by atoms with Gasteiger partial charge in [0, 0.05) is 44.8 Å². The Morgan fingerprint density at radius 2 is 1.85 bits per heavy atom. The van der Waals surface area contributed by atoms with E-state index >= 15 is 0 Å². The number of ether oxygens (including phenoxy) is 1. The summed E-state index contributed by atoms with van der Waals surface area (Å²) in [6, 6.07) is 16.1. The van der Waals surface area contributed by atoms with Crippen molar-refractivity contribution in [3.05, 3.63) is 77.6 Å². The summed E-state index contributed by atoms with van der Waals surface area (Å²) < 4.78 is 19.5. The molecule has 2 aliphatic heterocycles. The lowest BCUT2D eigenvalue weighted by molar-refractivity contribution is -0.141. The van der Waals surface area contributed by atoms with Gasteiger partial charge in [0.2, 0.25) is 11.8 Å². The quantitative estimate of drug-likeness (QED) is 0.592. The molecule has 2 fully saturated rings. The van der Waals surface area contributed by atoms with E-state index in [-0.39, 0.29) is 29.7 Å². The first-order valence-electron chi connectivity index (χ1n) is 11.8. The van der Waals surface area contributed by atoms with Crippen molar-refractivity contribution in [1.82, 2.24) is 9.80 Å². The van der Waals surface area contributed by atoms with E-state index in [4.69, 9.17) is 4.74 Å². The average molecular weight is 451 g/mol. The van der Waals surface area contributed by atoms with Crippen molar-refractivity contribution in [1.29, 1.82) is 0 Å². The van der Waals surface area contributed by atoms with Crippen LogP contribution >= 0.6 is 0 Å². The second kappa shape index (κ2) is 11.2. The molecule has 6 heteroatoms. The van der Waals surface area contributed by atoms with E-state index in [1.54, 1.807) is 17.0 Å². The zero-order chi connectivity index (χ0) is 23.0. The van der Waals surface area contributed by atoms with Gasteiger partial charge in [-0.15, -0.1) is 0 Å². The first-order valence-corrected chi connectivity index (χ1v) is 11.8. The number of piperidine rings is 1. The van der Waals surface area contributed by atoms with Crippen molar-refractivity contribution < 1.29 is 18.7 Å². The van der Waals surface area contributed by atoms with Crippen LogP contribution in [0.25, 0.3) is 6.08 Å². The molecule has 0 bridgehead atoms. The third-order valence-electron chi connectivity index (χ3n) is 6.40. The van der Waals surface area contributed by atoms with Crippen LogP contribution in [-0.4, -0.2) is 54.0 Å². The number of hydrogen-bond donors (Lipinski definition) is 0. The number of halogens is 1. The van der Waals surface area contributed by atoms with Gasteiger partial charge < -0.3 is 14.5 Å². The largest absolute Gasteiger partial charge is 0.376 e. The van der Waals surface area contributed by atoms with Crippen molar-refractivity contribution in [2.75, 3.05) is 26.2 Å². The molecule has 2 heterocycles. The van der Waals surface area contributed by atoms with Gasteiger partial charge in [0.05, 0.1) is 6.10 Å². The summed E-state index contributed by atoms with van der Waals surface area (Å²) in [6.45, 7) is 2.73. The summed E-state index contributed by atoms with van der Waals surface area (Å²) >= 11 is 0. The molecule has 2 aliphatic rings. The van der Waals surface area contributed by atoms with E-state index in [1.165, 1.54) is 12.1 Å². The number of hydrogen-bond acceptors (Lipinski definition) is 3. The third kappa shape index (κ3) is 6.51. The second-order valence-electron chi connectivity index (χ2n) is 8.83. The first kappa shape index (κ1) is 23.2. The van der Waals surface area contributed by atoms with Gasteiger partial charge in [-0.3, -0.25) is 9.59 Å². The lowest BCUT2D eigenvalue weighted by Gasteiger charge is -2.34. The molecule has 1 atom stereocenters. The van der Waals surface area contributed by atoms with Crippen molar-refractivity contribution >= 4 is 17.9 Å². The zero-order valence-electron chi connectivity index (χ0n) is 18.9. The lowest BCUT2D eigenvalue weighted by atomic mass is 9.94. The van der Waals surface area contributed by atoms with Crippen molar-refractivity contribution in [3.8, 4) is 0 Å². The Balaban J connectivity index is 1.35. The zero-order valence-corrected chi connectivity index (χ0v) is 18.9. The Morgan fingerprint density at radius 1 is 1.06 bits per heavy atom. The standard InChI is InChI=1S/C27H31FN2O3/c28-24-9-4-8-22(18-24)19-30(20-25-10-5-17-33-25)27(32)23-13-15-29(16-14-23)26(31)12-11-21-6-2-1-3-7-21/h1-4,6-9,11-12,18,23,25H,5,10,13-17,19-20H2/b12-11+. The molecule has 0 spiro atoms. The van der Waals surface area contributed by atoms with Gasteiger partial charge >= 0.3 is 0 Å². The fourth-order valence-electron chi connectivity index (χ4n) is 4.56. The average Bonchev–Trinajstić information content (AvgIpc) is 3.36. The molecule has 0 aromatic heterocycles. The summed E-state index contributed by atoms with van der Waals surface area (Å²) in [5.74, 6) is -0.392. The number of carbonyl (C=O) groups is 2. The van der Waals surface area contributed by atoms with E-state index in [0.717, 1.165) is 30.6 Å². The molecule has 0 N–H and O–H groups in total. The Hall–Kier alpha value is -2.99. The van der Waals surface area contributed by atoms with Crippen LogP contribution in [0.3, 0.4) is 0 Å². The number of likely N-dealkylation sites (tertiary alicyclic amines) is 1. The summed E-state index contributed by atoms with van der Waals surface area (Å²) in [4.78, 5) is 29.6. The van der Waals surface area contributed by atoms with Gasteiger partial charge in [-0.05, 0) is 55.0 Å². The number of carbonyl (C=O) groups excluding carboxylic acids is 2. The Kier molecular flexibility index (Phi) is 7.89. The van der Waals surface area contributed by atoms with Crippen LogP contribution < -0.4 is 0 Å². The monoisotopic (exact) mass is 450 g/mol. The highest BCUT2D eigenvalue weighted by atomic mass is 19.1. The van der Waals surface area contributed by atoms with E-state index in [2.05, 4.69) is 0 Å². The highest BCUT2D eigenvalue weighted by molar-refractivity contribution is 5.92. The van der Waals surface area contributed by atoms with Crippen LogP contribution in [0.5, 0.6) is 0 Å². The molecule has 0 radical (unpaired) electrons. The molecule has 0 saturated carbocycles. The lowest BCUT2D eigenvalue weighted by Crippen LogP contribution is -2.45. The predicted octanol–water partition coefficient (Wildman–Crippen LogP) is 4.29. The molecule has 2 aromatic carbocycles. The predicted molar refractivity (Wildman–Crippen MR) is 126 cm³/mol. The molecule has 2 aromatic rings. The Labute approximate surface area is 194 Å². The molecule has 1 unspecified atom stereocenters. The molecule has 0 aliphatic carbocycles.